The molecule has 2 N–H and O–H groups in total. The summed E-state index contributed by atoms with van der Waals surface area (Å²) in [6.07, 6.45) is 1.66. The van der Waals surface area contributed by atoms with Gasteiger partial charge in [-0.3, -0.25) is 0 Å². The summed E-state index contributed by atoms with van der Waals surface area (Å²) in [6.45, 7) is 2.65. The standard InChI is InChI=1S/C13H14N6S/c1-8-6-10-11(15-7-9-4-3-5-16-19-9)17-13(14-2)18-12(10)20-8/h3-6H,7H2,1-2H3,(H2,14,15,17,18). The van der Waals surface area contributed by atoms with Gasteiger partial charge in [0.05, 0.1) is 17.6 Å². The van der Waals surface area contributed by atoms with E-state index in [0.29, 0.717) is 12.5 Å². The number of hydrogen-bond acceptors (Lipinski definition) is 7. The molecule has 0 amide bonds. The number of hydrogen-bond donors (Lipinski definition) is 2. The summed E-state index contributed by atoms with van der Waals surface area (Å²) in [6, 6.07) is 5.89. The molecule has 3 rings (SSSR count). The Morgan fingerprint density at radius 2 is 2.20 bits per heavy atom. The minimum absolute atomic E-state index is 0.581. The van der Waals surface area contributed by atoms with Gasteiger partial charge in [-0.25, -0.2) is 4.98 Å². The fraction of sp³-hybridized carbons (Fsp3) is 0.231. The first-order valence-electron chi connectivity index (χ1n) is 6.22. The molecule has 0 saturated carbocycles. The van der Waals surface area contributed by atoms with Gasteiger partial charge in [-0.15, -0.1) is 11.3 Å². The highest BCUT2D eigenvalue weighted by molar-refractivity contribution is 7.18. The Balaban J connectivity index is 1.93. The average Bonchev–Trinajstić information content (AvgIpc) is 2.86. The van der Waals surface area contributed by atoms with Crippen LogP contribution in [0.2, 0.25) is 0 Å². The fourth-order valence-corrected chi connectivity index (χ4v) is 2.77. The number of nitrogens with zero attached hydrogens (tertiary/aromatic N) is 4. The Morgan fingerprint density at radius 1 is 1.30 bits per heavy atom. The molecule has 0 fully saturated rings. The predicted octanol–water partition coefficient (Wildman–Crippen LogP) is 2.44. The van der Waals surface area contributed by atoms with Crippen molar-refractivity contribution in [3.63, 3.8) is 0 Å². The van der Waals surface area contributed by atoms with E-state index >= 15 is 0 Å². The maximum Gasteiger partial charge on any atom is 0.225 e. The summed E-state index contributed by atoms with van der Waals surface area (Å²) in [5.74, 6) is 1.43. The number of fused-ring (bicyclic) bond motifs is 1. The van der Waals surface area contributed by atoms with Crippen LogP contribution in [0.5, 0.6) is 0 Å². The molecule has 3 heterocycles. The Labute approximate surface area is 120 Å². The highest BCUT2D eigenvalue weighted by atomic mass is 32.1. The molecule has 0 bridgehead atoms. The van der Waals surface area contributed by atoms with Crippen molar-refractivity contribution in [1.29, 1.82) is 0 Å². The minimum Gasteiger partial charge on any atom is -0.364 e. The summed E-state index contributed by atoms with van der Waals surface area (Å²) < 4.78 is 0. The van der Waals surface area contributed by atoms with Crippen LogP contribution in [0.1, 0.15) is 10.6 Å². The molecule has 0 saturated heterocycles. The molecule has 0 atom stereocenters. The Bertz CT molecular complexity index is 724. The van der Waals surface area contributed by atoms with E-state index in [1.807, 2.05) is 19.2 Å². The van der Waals surface area contributed by atoms with Gasteiger partial charge < -0.3 is 10.6 Å². The monoisotopic (exact) mass is 286 g/mol. The van der Waals surface area contributed by atoms with Crippen LogP contribution in [-0.4, -0.2) is 27.2 Å². The molecule has 7 heteroatoms. The van der Waals surface area contributed by atoms with Crippen molar-refractivity contribution in [2.45, 2.75) is 13.5 Å². The van der Waals surface area contributed by atoms with Crippen LogP contribution >= 0.6 is 11.3 Å². The molecule has 0 unspecified atom stereocenters. The molecule has 102 valence electrons. The van der Waals surface area contributed by atoms with Gasteiger partial charge in [0, 0.05) is 18.1 Å². The van der Waals surface area contributed by atoms with Crippen molar-refractivity contribution >= 4 is 33.3 Å². The first-order chi connectivity index (χ1) is 9.76. The molecule has 0 aromatic carbocycles. The van der Waals surface area contributed by atoms with Gasteiger partial charge in [-0.05, 0) is 25.1 Å². The van der Waals surface area contributed by atoms with Crippen LogP contribution in [0.25, 0.3) is 10.2 Å². The molecule has 0 aliphatic rings. The second-order valence-electron chi connectivity index (χ2n) is 4.29. The Kier molecular flexibility index (Phi) is 3.42. The molecule has 20 heavy (non-hydrogen) atoms. The molecule has 0 spiro atoms. The lowest BCUT2D eigenvalue weighted by atomic mass is 10.3. The lowest BCUT2D eigenvalue weighted by molar-refractivity contribution is 0.921. The van der Waals surface area contributed by atoms with Gasteiger partial charge in [-0.2, -0.15) is 15.2 Å². The van der Waals surface area contributed by atoms with Crippen molar-refractivity contribution < 1.29 is 0 Å². The topological polar surface area (TPSA) is 75.6 Å². The van der Waals surface area contributed by atoms with Crippen molar-refractivity contribution in [3.8, 4) is 0 Å². The molecular weight excluding hydrogens is 272 g/mol. The van der Waals surface area contributed by atoms with E-state index in [2.05, 4.69) is 43.8 Å². The van der Waals surface area contributed by atoms with Crippen molar-refractivity contribution in [2.75, 3.05) is 17.7 Å². The van der Waals surface area contributed by atoms with Crippen LogP contribution in [-0.2, 0) is 6.54 Å². The number of nitrogens with one attached hydrogen (secondary N) is 2. The highest BCUT2D eigenvalue weighted by Crippen LogP contribution is 2.29. The number of rotatable bonds is 4. The Hall–Kier alpha value is -2.28. The summed E-state index contributed by atoms with van der Waals surface area (Å²) in [7, 11) is 1.81. The Morgan fingerprint density at radius 3 is 2.95 bits per heavy atom. The van der Waals surface area contributed by atoms with Crippen molar-refractivity contribution in [2.24, 2.45) is 0 Å². The van der Waals surface area contributed by atoms with Gasteiger partial charge in [0.1, 0.15) is 10.6 Å². The molecule has 6 nitrogen and oxygen atoms in total. The zero-order valence-corrected chi connectivity index (χ0v) is 12.0. The largest absolute Gasteiger partial charge is 0.364 e. The average molecular weight is 286 g/mol. The molecule has 0 aliphatic carbocycles. The van der Waals surface area contributed by atoms with E-state index in [1.54, 1.807) is 17.5 Å². The third kappa shape index (κ3) is 2.53. The summed E-state index contributed by atoms with van der Waals surface area (Å²) in [5, 5.41) is 15.2. The summed E-state index contributed by atoms with van der Waals surface area (Å²) in [5.41, 5.74) is 0.872. The lowest BCUT2D eigenvalue weighted by Gasteiger charge is -2.07. The normalized spacial score (nSPS) is 10.7. The molecule has 0 radical (unpaired) electrons. The van der Waals surface area contributed by atoms with E-state index in [1.165, 1.54) is 4.88 Å². The van der Waals surface area contributed by atoms with Crippen molar-refractivity contribution in [1.82, 2.24) is 20.2 Å². The molecule has 3 aromatic rings. The van der Waals surface area contributed by atoms with Gasteiger partial charge in [0.25, 0.3) is 0 Å². The maximum absolute atomic E-state index is 4.47. The van der Waals surface area contributed by atoms with Gasteiger partial charge in [0.15, 0.2) is 0 Å². The molecular formula is C13H14N6S. The molecule has 0 aliphatic heterocycles. The minimum atomic E-state index is 0.581. The van der Waals surface area contributed by atoms with E-state index < -0.39 is 0 Å². The number of aromatic nitrogens is 4. The second-order valence-corrected chi connectivity index (χ2v) is 5.53. The third-order valence-corrected chi connectivity index (χ3v) is 3.75. The van der Waals surface area contributed by atoms with Crippen LogP contribution < -0.4 is 10.6 Å². The number of aryl methyl sites for hydroxylation is 1. The van der Waals surface area contributed by atoms with Crippen molar-refractivity contribution in [3.05, 3.63) is 35.0 Å². The van der Waals surface area contributed by atoms with Gasteiger partial charge >= 0.3 is 0 Å². The van der Waals surface area contributed by atoms with E-state index in [9.17, 15) is 0 Å². The quantitative estimate of drug-likeness (QED) is 0.767. The fourth-order valence-electron chi connectivity index (χ4n) is 1.89. The summed E-state index contributed by atoms with van der Waals surface area (Å²) >= 11 is 1.66. The van der Waals surface area contributed by atoms with E-state index in [0.717, 1.165) is 21.7 Å². The first kappa shape index (κ1) is 12.7. The third-order valence-electron chi connectivity index (χ3n) is 2.80. The summed E-state index contributed by atoms with van der Waals surface area (Å²) in [4.78, 5) is 11.1. The van der Waals surface area contributed by atoms with Crippen LogP contribution in [0, 0.1) is 6.92 Å². The second kappa shape index (κ2) is 5.38. The van der Waals surface area contributed by atoms with Crippen LogP contribution in [0.15, 0.2) is 24.4 Å². The maximum atomic E-state index is 4.47. The molecule has 3 aromatic heterocycles. The zero-order valence-electron chi connectivity index (χ0n) is 11.2. The predicted molar refractivity (Wildman–Crippen MR) is 81.1 cm³/mol. The first-order valence-corrected chi connectivity index (χ1v) is 7.04. The van der Waals surface area contributed by atoms with E-state index in [-0.39, 0.29) is 0 Å². The smallest absolute Gasteiger partial charge is 0.225 e. The van der Waals surface area contributed by atoms with Crippen LogP contribution in [0.4, 0.5) is 11.8 Å². The SMILES string of the molecule is CNc1nc(NCc2cccnn2)c2cc(C)sc2n1. The van der Waals surface area contributed by atoms with Gasteiger partial charge in [-0.1, -0.05) is 0 Å². The lowest BCUT2D eigenvalue weighted by Crippen LogP contribution is -2.06. The number of thiophene rings is 1. The number of anilines is 2. The van der Waals surface area contributed by atoms with E-state index in [4.69, 9.17) is 0 Å². The zero-order chi connectivity index (χ0) is 13.9. The van der Waals surface area contributed by atoms with Gasteiger partial charge in [0.2, 0.25) is 5.95 Å². The highest BCUT2D eigenvalue weighted by Gasteiger charge is 2.10. The van der Waals surface area contributed by atoms with Crippen LogP contribution in [0.3, 0.4) is 0 Å².